The third-order valence-corrected chi connectivity index (χ3v) is 10.6. The number of hydrogen-bond acceptors (Lipinski definition) is 2. The molecule has 0 atom stereocenters. The van der Waals surface area contributed by atoms with Crippen molar-refractivity contribution in [3.63, 3.8) is 0 Å². The van der Waals surface area contributed by atoms with E-state index in [9.17, 15) is 0 Å². The van der Waals surface area contributed by atoms with E-state index in [0.717, 1.165) is 61.2 Å². The van der Waals surface area contributed by atoms with Crippen LogP contribution in [0.2, 0.25) is 0 Å². The van der Waals surface area contributed by atoms with Gasteiger partial charge in [0.15, 0.2) is 0 Å². The first-order valence-electron chi connectivity index (χ1n) is 19.2. The molecule has 0 saturated heterocycles. The van der Waals surface area contributed by atoms with Crippen LogP contribution in [0.4, 0.5) is 0 Å². The molecular weight excluding hydrogens is 892 g/mol. The van der Waals surface area contributed by atoms with E-state index in [1.807, 2.05) is 36.5 Å². The molecule has 7 aromatic carbocycles. The average Bonchev–Trinajstić information content (AvgIpc) is 3.81. The van der Waals surface area contributed by atoms with Crippen LogP contribution in [0.5, 0.6) is 11.5 Å². The first kappa shape index (κ1) is 37.0. The van der Waals surface area contributed by atoms with Crippen LogP contribution >= 0.6 is 0 Å². The Bertz CT molecular complexity index is 3090. The second-order valence-corrected chi connectivity index (χ2v) is 15.3. The van der Waals surface area contributed by atoms with Gasteiger partial charge >= 0.3 is 0 Å². The minimum absolute atomic E-state index is 0. The van der Waals surface area contributed by atoms with Gasteiger partial charge in [0.1, 0.15) is 5.82 Å². The number of hydrogen-bond donors (Lipinski definition) is 0. The molecule has 0 saturated carbocycles. The molecule has 0 aliphatic heterocycles. The molecule has 0 spiro atoms. The molecule has 10 aromatic rings. The van der Waals surface area contributed by atoms with E-state index in [1.54, 1.807) is 0 Å². The fourth-order valence-electron chi connectivity index (χ4n) is 7.83. The van der Waals surface area contributed by atoms with Gasteiger partial charge in [-0.1, -0.05) is 135 Å². The van der Waals surface area contributed by atoms with Crippen molar-refractivity contribution < 1.29 is 30.4 Å². The smallest absolute Gasteiger partial charge is 0.268 e. The van der Waals surface area contributed by atoms with Crippen LogP contribution in [0.15, 0.2) is 176 Å². The van der Waals surface area contributed by atoms with Crippen molar-refractivity contribution in [1.29, 1.82) is 0 Å². The molecule has 0 fully saturated rings. The van der Waals surface area contributed by atoms with Gasteiger partial charge in [-0.3, -0.25) is 4.57 Å². The summed E-state index contributed by atoms with van der Waals surface area (Å²) >= 11 is 0. The van der Waals surface area contributed by atoms with Crippen molar-refractivity contribution in [2.75, 3.05) is 0 Å². The van der Waals surface area contributed by atoms with E-state index < -0.39 is 0 Å². The monoisotopic (exact) mass is 929 g/mol. The number of ether oxygens (including phenoxy) is 1. The molecule has 58 heavy (non-hydrogen) atoms. The Hall–Kier alpha value is -6.55. The Morgan fingerprint density at radius 2 is 1.26 bits per heavy atom. The molecule has 5 nitrogen and oxygen atoms in total. The molecule has 0 aliphatic rings. The second-order valence-electron chi connectivity index (χ2n) is 15.3. The van der Waals surface area contributed by atoms with Crippen molar-refractivity contribution in [3.05, 3.63) is 200 Å². The summed E-state index contributed by atoms with van der Waals surface area (Å²) in [5.41, 5.74) is 11.6. The third kappa shape index (κ3) is 6.62. The Morgan fingerprint density at radius 3 is 2.07 bits per heavy atom. The maximum absolute atomic E-state index is 6.60. The summed E-state index contributed by atoms with van der Waals surface area (Å²) in [6.07, 6.45) is 5.59. The maximum atomic E-state index is 6.60. The molecule has 0 radical (unpaired) electrons. The molecule has 0 unspecified atom stereocenters. The standard InChI is InChI=1S/C52H38N4O.Pt/c1-52(2,3)37-30-31-53-50(32-37)56-47-26-13-12-24-44(47)45-29-28-41(34-49(45)56)57-40-21-14-20-39(33-40)54-35-55(38-18-8-5-9-19-38)51-46(25-15-27-48(51)54)43-23-11-10-22-42(43)36-16-6-4-7-17-36;/h4-32H,1-3H3;/q-2;. The largest absolute Gasteiger partial charge is 0.510 e. The number of nitrogens with zero attached hydrogens (tertiary/aromatic N) is 4. The summed E-state index contributed by atoms with van der Waals surface area (Å²) < 4.78 is 13.0. The zero-order valence-corrected chi connectivity index (χ0v) is 34.5. The minimum atomic E-state index is -0.0215. The van der Waals surface area contributed by atoms with Gasteiger partial charge in [-0.05, 0) is 74.6 Å². The Kier molecular flexibility index (Phi) is 9.63. The number of pyridine rings is 1. The van der Waals surface area contributed by atoms with Crippen LogP contribution in [0, 0.1) is 18.5 Å². The molecule has 6 heteroatoms. The fraction of sp³-hybridized carbons (Fsp3) is 0.0769. The normalized spacial score (nSPS) is 11.6. The second kappa shape index (κ2) is 15.1. The summed E-state index contributed by atoms with van der Waals surface area (Å²) in [5, 5.41) is 2.22. The summed E-state index contributed by atoms with van der Waals surface area (Å²) in [5.74, 6) is 2.02. The van der Waals surface area contributed by atoms with E-state index in [-0.39, 0.29) is 26.5 Å². The first-order chi connectivity index (χ1) is 27.9. The van der Waals surface area contributed by atoms with Gasteiger partial charge in [-0.25, -0.2) is 4.98 Å². The third-order valence-electron chi connectivity index (χ3n) is 10.6. The van der Waals surface area contributed by atoms with Crippen LogP contribution in [-0.4, -0.2) is 14.1 Å². The van der Waals surface area contributed by atoms with Crippen molar-refractivity contribution in [2.24, 2.45) is 0 Å². The van der Waals surface area contributed by atoms with Gasteiger partial charge in [0.05, 0.1) is 16.7 Å². The van der Waals surface area contributed by atoms with E-state index in [0.29, 0.717) is 11.5 Å². The minimum Gasteiger partial charge on any atom is -0.510 e. The molecule has 284 valence electrons. The summed E-state index contributed by atoms with van der Waals surface area (Å²) in [6, 6.07) is 66.0. The molecule has 0 amide bonds. The number of fused-ring (bicyclic) bond motifs is 4. The van der Waals surface area contributed by atoms with Gasteiger partial charge < -0.3 is 13.9 Å². The number of aromatic nitrogens is 4. The van der Waals surface area contributed by atoms with Crippen molar-refractivity contribution in [3.8, 4) is 50.9 Å². The van der Waals surface area contributed by atoms with Gasteiger partial charge in [-0.15, -0.1) is 29.7 Å². The molecule has 10 rings (SSSR count). The van der Waals surface area contributed by atoms with E-state index in [1.165, 1.54) is 16.7 Å². The topological polar surface area (TPSA) is 35.9 Å². The zero-order valence-electron chi connectivity index (χ0n) is 32.3. The van der Waals surface area contributed by atoms with E-state index in [2.05, 4.69) is 192 Å². The van der Waals surface area contributed by atoms with Crippen molar-refractivity contribution >= 4 is 32.8 Å². The molecule has 3 aromatic heterocycles. The Morgan fingerprint density at radius 1 is 0.586 bits per heavy atom. The molecule has 0 aliphatic carbocycles. The van der Waals surface area contributed by atoms with E-state index in [4.69, 9.17) is 9.72 Å². The van der Waals surface area contributed by atoms with Crippen LogP contribution in [0.3, 0.4) is 0 Å². The van der Waals surface area contributed by atoms with Crippen LogP contribution in [-0.2, 0) is 26.5 Å². The number of imidazole rings is 1. The van der Waals surface area contributed by atoms with Gasteiger partial charge in [-0.2, -0.15) is 18.2 Å². The van der Waals surface area contributed by atoms with Crippen molar-refractivity contribution in [1.82, 2.24) is 14.1 Å². The molecule has 0 bridgehead atoms. The summed E-state index contributed by atoms with van der Waals surface area (Å²) in [4.78, 5) is 4.84. The van der Waals surface area contributed by atoms with Gasteiger partial charge in [0.25, 0.3) is 6.33 Å². The van der Waals surface area contributed by atoms with Crippen LogP contribution in [0.1, 0.15) is 26.3 Å². The fourth-order valence-corrected chi connectivity index (χ4v) is 7.83. The SMILES string of the molecule is CC(C)(C)c1ccnc(-n2c3[c-]c(Oc4[c-]c(-n5[c-][n+](-c6ccccc6)c6c(-c7ccccc7-c7ccccc7)cccc65)ccc4)ccc3c3ccccc32)c1.[Pt]. The summed E-state index contributed by atoms with van der Waals surface area (Å²) in [7, 11) is 0. The number of rotatable bonds is 7. The van der Waals surface area contributed by atoms with Crippen LogP contribution in [0.25, 0.3) is 72.3 Å². The van der Waals surface area contributed by atoms with Gasteiger partial charge in [0, 0.05) is 44.3 Å². The van der Waals surface area contributed by atoms with Gasteiger partial charge in [0.2, 0.25) is 0 Å². The first-order valence-corrected chi connectivity index (χ1v) is 19.2. The Labute approximate surface area is 352 Å². The van der Waals surface area contributed by atoms with Crippen molar-refractivity contribution in [2.45, 2.75) is 26.2 Å². The molecular formula is C52H38N4OPt-2. The predicted octanol–water partition coefficient (Wildman–Crippen LogP) is 12.2. The maximum Gasteiger partial charge on any atom is 0.268 e. The number of benzene rings is 7. The molecule has 3 heterocycles. The average molecular weight is 930 g/mol. The Balaban J connectivity index is 0.00000436. The molecule has 0 N–H and O–H groups in total. The van der Waals surface area contributed by atoms with E-state index >= 15 is 0 Å². The summed E-state index contributed by atoms with van der Waals surface area (Å²) in [6.45, 7) is 6.67. The predicted molar refractivity (Wildman–Crippen MR) is 230 cm³/mol. The zero-order chi connectivity index (χ0) is 38.5. The quantitative estimate of drug-likeness (QED) is 0.118. The van der Waals surface area contributed by atoms with Crippen LogP contribution < -0.4 is 9.30 Å². The number of para-hydroxylation sites is 3.